The normalized spacial score (nSPS) is 15.8. The summed E-state index contributed by atoms with van der Waals surface area (Å²) in [5.74, 6) is 3.61. The highest BCUT2D eigenvalue weighted by molar-refractivity contribution is 14.1. The zero-order valence-electron chi connectivity index (χ0n) is 13.3. The molecule has 1 fully saturated rings. The predicted octanol–water partition coefficient (Wildman–Crippen LogP) is 3.92. The van der Waals surface area contributed by atoms with Gasteiger partial charge in [-0.1, -0.05) is 29.9 Å². The van der Waals surface area contributed by atoms with Gasteiger partial charge in [0.2, 0.25) is 0 Å². The Morgan fingerprint density at radius 1 is 1.42 bits per heavy atom. The van der Waals surface area contributed by atoms with E-state index >= 15 is 0 Å². The van der Waals surface area contributed by atoms with E-state index in [9.17, 15) is 4.79 Å². The fourth-order valence-corrected chi connectivity index (χ4v) is 4.28. The molecular formula is C17H16INO3S2. The van der Waals surface area contributed by atoms with Gasteiger partial charge in [-0.25, -0.2) is 0 Å². The third-order valence-corrected chi connectivity index (χ3v) is 5.30. The summed E-state index contributed by atoms with van der Waals surface area (Å²) in [6.45, 7) is 5.05. The lowest BCUT2D eigenvalue weighted by Gasteiger charge is -2.13. The zero-order chi connectivity index (χ0) is 17.7. The highest BCUT2D eigenvalue weighted by Gasteiger charge is 2.30. The summed E-state index contributed by atoms with van der Waals surface area (Å²) in [6.07, 6.45) is 7.08. The minimum absolute atomic E-state index is 0.0619. The molecule has 0 spiro atoms. The van der Waals surface area contributed by atoms with Crippen LogP contribution in [0.1, 0.15) is 19.4 Å². The molecule has 1 aromatic carbocycles. The van der Waals surface area contributed by atoms with Gasteiger partial charge in [-0.05, 0) is 60.2 Å². The van der Waals surface area contributed by atoms with Crippen molar-refractivity contribution in [3.8, 4) is 23.8 Å². The second kappa shape index (κ2) is 8.74. The van der Waals surface area contributed by atoms with Crippen molar-refractivity contribution in [2.24, 2.45) is 0 Å². The van der Waals surface area contributed by atoms with E-state index in [1.165, 1.54) is 11.8 Å². The number of carbonyl (C=O) groups excluding carboxylic acids is 1. The number of halogens is 1. The van der Waals surface area contributed by atoms with E-state index in [1.54, 1.807) is 4.90 Å². The fourth-order valence-electron chi connectivity index (χ4n) is 2.11. The molecule has 0 bridgehead atoms. The van der Waals surface area contributed by atoms with Gasteiger partial charge < -0.3 is 9.47 Å². The van der Waals surface area contributed by atoms with Crippen LogP contribution in [0.3, 0.4) is 0 Å². The monoisotopic (exact) mass is 473 g/mol. The maximum atomic E-state index is 12.3. The summed E-state index contributed by atoms with van der Waals surface area (Å²) in [6, 6.07) is 3.77. The van der Waals surface area contributed by atoms with Gasteiger partial charge >= 0.3 is 0 Å². The number of nitrogens with zero attached hydrogens (tertiary/aromatic N) is 1. The third kappa shape index (κ3) is 4.23. The van der Waals surface area contributed by atoms with Gasteiger partial charge in [0.15, 0.2) is 11.5 Å². The second-order valence-corrected chi connectivity index (χ2v) is 7.52. The number of hydrogen-bond acceptors (Lipinski definition) is 5. The zero-order valence-corrected chi connectivity index (χ0v) is 17.1. The smallest absolute Gasteiger partial charge is 0.266 e. The maximum Gasteiger partial charge on any atom is 0.266 e. The van der Waals surface area contributed by atoms with Gasteiger partial charge in [-0.15, -0.1) is 6.42 Å². The molecule has 0 saturated carbocycles. The molecule has 1 amide bonds. The van der Waals surface area contributed by atoms with Crippen LogP contribution in [-0.2, 0) is 4.79 Å². The first-order valence-electron chi connectivity index (χ1n) is 7.29. The van der Waals surface area contributed by atoms with Crippen LogP contribution < -0.4 is 9.47 Å². The Balaban J connectivity index is 2.38. The number of likely N-dealkylation sites (N-methyl/N-ethyl adjacent to an activating group) is 1. The highest BCUT2D eigenvalue weighted by Crippen LogP contribution is 2.37. The van der Waals surface area contributed by atoms with Crippen molar-refractivity contribution in [2.45, 2.75) is 13.8 Å². The molecule has 4 nitrogen and oxygen atoms in total. The molecule has 7 heteroatoms. The lowest BCUT2D eigenvalue weighted by atomic mass is 10.2. The Bertz CT molecular complexity index is 740. The summed E-state index contributed by atoms with van der Waals surface area (Å²) in [4.78, 5) is 14.5. The largest absolute Gasteiger partial charge is 0.490 e. The van der Waals surface area contributed by atoms with Crippen molar-refractivity contribution in [3.05, 3.63) is 26.2 Å². The number of rotatable bonds is 6. The topological polar surface area (TPSA) is 38.8 Å². The van der Waals surface area contributed by atoms with Crippen LogP contribution >= 0.6 is 46.6 Å². The van der Waals surface area contributed by atoms with E-state index in [2.05, 4.69) is 28.5 Å². The molecule has 0 N–H and O–H groups in total. The standard InChI is InChI=1S/C17H16INO3S2/c1-4-7-22-15-12(18)8-11(9-13(15)21-6-3)10-14-16(20)19(5-2)17(23)24-14/h1,8-10H,5-7H2,2-3H3/b14-10-. The molecule has 0 aliphatic carbocycles. The van der Waals surface area contributed by atoms with E-state index in [0.29, 0.717) is 33.9 Å². The molecule has 0 atom stereocenters. The number of thiocarbonyl (C=S) groups is 1. The fraction of sp³-hybridized carbons (Fsp3) is 0.294. The average Bonchev–Trinajstić information content (AvgIpc) is 2.80. The van der Waals surface area contributed by atoms with Gasteiger partial charge in [-0.3, -0.25) is 9.69 Å². The molecule has 2 rings (SSSR count). The molecule has 1 aliphatic heterocycles. The van der Waals surface area contributed by atoms with Crippen LogP contribution in [0, 0.1) is 15.9 Å². The van der Waals surface area contributed by atoms with Crippen LogP contribution in [0.2, 0.25) is 0 Å². The van der Waals surface area contributed by atoms with E-state index in [0.717, 1.165) is 9.13 Å². The number of thioether (sulfide) groups is 1. The number of ether oxygens (including phenoxy) is 2. The van der Waals surface area contributed by atoms with Crippen LogP contribution in [0.15, 0.2) is 17.0 Å². The predicted molar refractivity (Wildman–Crippen MR) is 110 cm³/mol. The third-order valence-electron chi connectivity index (χ3n) is 3.12. The van der Waals surface area contributed by atoms with Crippen LogP contribution in [0.5, 0.6) is 11.5 Å². The van der Waals surface area contributed by atoms with E-state index in [-0.39, 0.29) is 12.5 Å². The minimum Gasteiger partial charge on any atom is -0.490 e. The first-order valence-corrected chi connectivity index (χ1v) is 9.60. The van der Waals surface area contributed by atoms with Crippen molar-refractivity contribution >= 4 is 62.9 Å². The van der Waals surface area contributed by atoms with Crippen LogP contribution in [0.25, 0.3) is 6.08 Å². The number of terminal acetylenes is 1. The van der Waals surface area contributed by atoms with E-state index in [4.69, 9.17) is 28.1 Å². The number of benzene rings is 1. The van der Waals surface area contributed by atoms with Gasteiger partial charge in [0.05, 0.1) is 15.1 Å². The van der Waals surface area contributed by atoms with Crippen molar-refractivity contribution in [3.63, 3.8) is 0 Å². The van der Waals surface area contributed by atoms with Crippen molar-refractivity contribution in [1.29, 1.82) is 0 Å². The van der Waals surface area contributed by atoms with Crippen molar-refractivity contribution in [1.82, 2.24) is 4.90 Å². The molecule has 0 unspecified atom stereocenters. The summed E-state index contributed by atoms with van der Waals surface area (Å²) in [5, 5.41) is 0. The molecule has 1 heterocycles. The molecule has 1 aromatic rings. The Kier molecular flexibility index (Phi) is 6.95. The Morgan fingerprint density at radius 2 is 2.17 bits per heavy atom. The summed E-state index contributed by atoms with van der Waals surface area (Å²) in [5.41, 5.74) is 0.854. The van der Waals surface area contributed by atoms with Gasteiger partial charge in [0.1, 0.15) is 10.9 Å². The van der Waals surface area contributed by atoms with Crippen molar-refractivity contribution < 1.29 is 14.3 Å². The molecular weight excluding hydrogens is 457 g/mol. The summed E-state index contributed by atoms with van der Waals surface area (Å²) >= 11 is 8.71. The van der Waals surface area contributed by atoms with E-state index in [1.807, 2.05) is 32.1 Å². The van der Waals surface area contributed by atoms with Gasteiger partial charge in [0, 0.05) is 6.54 Å². The maximum absolute atomic E-state index is 12.3. The highest BCUT2D eigenvalue weighted by atomic mass is 127. The SMILES string of the molecule is C#CCOc1c(I)cc(/C=C2\SC(=S)N(CC)C2=O)cc1OCC. The van der Waals surface area contributed by atoms with Gasteiger partial charge in [-0.2, -0.15) is 0 Å². The molecule has 1 aliphatic rings. The van der Waals surface area contributed by atoms with Crippen molar-refractivity contribution in [2.75, 3.05) is 19.8 Å². The number of amides is 1. The lowest BCUT2D eigenvalue weighted by molar-refractivity contribution is -0.121. The number of hydrogen-bond donors (Lipinski definition) is 0. The number of carbonyl (C=O) groups is 1. The minimum atomic E-state index is -0.0619. The summed E-state index contributed by atoms with van der Waals surface area (Å²) in [7, 11) is 0. The first kappa shape index (κ1) is 19.1. The molecule has 0 aromatic heterocycles. The van der Waals surface area contributed by atoms with Gasteiger partial charge in [0.25, 0.3) is 5.91 Å². The quantitative estimate of drug-likeness (QED) is 0.271. The van der Waals surface area contributed by atoms with E-state index < -0.39 is 0 Å². The molecule has 24 heavy (non-hydrogen) atoms. The Hall–Kier alpha value is -1.24. The first-order chi connectivity index (χ1) is 11.5. The second-order valence-electron chi connectivity index (χ2n) is 4.68. The molecule has 0 radical (unpaired) electrons. The average molecular weight is 473 g/mol. The molecule has 1 saturated heterocycles. The van der Waals surface area contributed by atoms with Crippen LogP contribution in [-0.4, -0.2) is 34.9 Å². The Labute approximate surface area is 165 Å². The molecule has 126 valence electrons. The lowest BCUT2D eigenvalue weighted by Crippen LogP contribution is -2.27. The van der Waals surface area contributed by atoms with Crippen LogP contribution in [0.4, 0.5) is 0 Å². The summed E-state index contributed by atoms with van der Waals surface area (Å²) < 4.78 is 12.7. The Morgan fingerprint density at radius 3 is 2.75 bits per heavy atom.